The highest BCUT2D eigenvalue weighted by atomic mass is 79.9. The van der Waals surface area contributed by atoms with Crippen LogP contribution < -0.4 is 5.73 Å². The third-order valence-corrected chi connectivity index (χ3v) is 2.96. The van der Waals surface area contributed by atoms with Gasteiger partial charge in [0, 0.05) is 11.0 Å². The Hall–Kier alpha value is -0.660. The minimum atomic E-state index is -4.12. The summed E-state index contributed by atoms with van der Waals surface area (Å²) in [6.07, 6.45) is -3.72. The third-order valence-electron chi connectivity index (χ3n) is 2.22. The van der Waals surface area contributed by atoms with Gasteiger partial charge in [0.2, 0.25) is 0 Å². The Balaban J connectivity index is 2.54. The first kappa shape index (κ1) is 15.4. The number of ether oxygens (including phenoxy) is 1. The van der Waals surface area contributed by atoms with Crippen LogP contribution in [0.15, 0.2) is 22.7 Å². The van der Waals surface area contributed by atoms with Crippen molar-refractivity contribution >= 4 is 15.9 Å². The van der Waals surface area contributed by atoms with Crippen molar-refractivity contribution in [3.05, 3.63) is 33.8 Å². The molecule has 0 saturated heterocycles. The first-order chi connectivity index (χ1) is 8.36. The fourth-order valence-corrected chi connectivity index (χ4v) is 1.74. The highest BCUT2D eigenvalue weighted by molar-refractivity contribution is 9.10. The zero-order chi connectivity index (χ0) is 13.8. The molecule has 0 aromatic heterocycles. The molecular weight excluding hydrogens is 318 g/mol. The number of benzene rings is 1. The number of rotatable bonds is 6. The number of alkyl halides is 4. The second kappa shape index (κ2) is 6.49. The summed E-state index contributed by atoms with van der Waals surface area (Å²) in [5.41, 5.74) is 6.88. The lowest BCUT2D eigenvalue weighted by Crippen LogP contribution is -2.32. The van der Waals surface area contributed by atoms with Crippen LogP contribution in [-0.4, -0.2) is 19.0 Å². The fraction of sp³-hybridized carbons (Fsp3) is 0.455. The average molecular weight is 330 g/mol. The van der Waals surface area contributed by atoms with Crippen molar-refractivity contribution in [1.82, 2.24) is 0 Å². The van der Waals surface area contributed by atoms with Gasteiger partial charge in [-0.3, -0.25) is 0 Å². The van der Waals surface area contributed by atoms with E-state index in [4.69, 9.17) is 5.73 Å². The molecule has 0 saturated carbocycles. The Morgan fingerprint density at radius 1 is 1.33 bits per heavy atom. The molecule has 0 spiro atoms. The first-order valence-corrected chi connectivity index (χ1v) is 5.87. The fourth-order valence-electron chi connectivity index (χ4n) is 1.19. The molecule has 7 heteroatoms. The summed E-state index contributed by atoms with van der Waals surface area (Å²) in [7, 11) is 0. The largest absolute Gasteiger partial charge is 0.370 e. The Morgan fingerprint density at radius 2 is 2.00 bits per heavy atom. The molecule has 102 valence electrons. The quantitative estimate of drug-likeness (QED) is 0.812. The van der Waals surface area contributed by atoms with Crippen LogP contribution in [0.3, 0.4) is 0 Å². The van der Waals surface area contributed by atoms with Crippen LogP contribution in [-0.2, 0) is 17.9 Å². The molecule has 0 bridgehead atoms. The molecule has 0 aliphatic heterocycles. The number of halogens is 5. The van der Waals surface area contributed by atoms with Crippen molar-refractivity contribution in [3.8, 4) is 0 Å². The van der Waals surface area contributed by atoms with Crippen molar-refractivity contribution < 1.29 is 22.3 Å². The molecule has 18 heavy (non-hydrogen) atoms. The van der Waals surface area contributed by atoms with Crippen LogP contribution in [0.4, 0.5) is 17.6 Å². The van der Waals surface area contributed by atoms with Gasteiger partial charge in [0.15, 0.2) is 0 Å². The number of hydrogen-bond donors (Lipinski definition) is 1. The highest BCUT2D eigenvalue weighted by Gasteiger charge is 2.40. The van der Waals surface area contributed by atoms with Crippen LogP contribution in [0.5, 0.6) is 0 Å². The van der Waals surface area contributed by atoms with E-state index in [1.165, 1.54) is 0 Å². The van der Waals surface area contributed by atoms with Gasteiger partial charge in [0.25, 0.3) is 0 Å². The van der Waals surface area contributed by atoms with Gasteiger partial charge in [-0.25, -0.2) is 8.78 Å². The van der Waals surface area contributed by atoms with Gasteiger partial charge in [-0.1, -0.05) is 28.1 Å². The van der Waals surface area contributed by atoms with E-state index in [1.807, 2.05) is 0 Å². The SMILES string of the molecule is NCc1ccc(COCC(F)(F)C(F)F)c(Br)c1. The Kier molecular flexibility index (Phi) is 5.55. The summed E-state index contributed by atoms with van der Waals surface area (Å²) in [5, 5.41) is 0. The molecule has 1 aromatic rings. The molecule has 0 aliphatic rings. The molecule has 0 aliphatic carbocycles. The molecule has 0 amide bonds. The second-order valence-corrected chi connectivity index (χ2v) is 4.54. The summed E-state index contributed by atoms with van der Waals surface area (Å²) in [6, 6.07) is 5.09. The maximum Gasteiger partial charge on any atom is 0.330 e. The smallest absolute Gasteiger partial charge is 0.330 e. The van der Waals surface area contributed by atoms with Crippen LogP contribution in [0.25, 0.3) is 0 Å². The van der Waals surface area contributed by atoms with E-state index in [0.29, 0.717) is 16.6 Å². The van der Waals surface area contributed by atoms with E-state index in [0.717, 1.165) is 5.56 Å². The second-order valence-electron chi connectivity index (χ2n) is 3.68. The molecule has 0 radical (unpaired) electrons. The monoisotopic (exact) mass is 329 g/mol. The maximum absolute atomic E-state index is 12.6. The minimum absolute atomic E-state index is 0.173. The van der Waals surface area contributed by atoms with Gasteiger partial charge in [0.1, 0.15) is 6.61 Å². The predicted octanol–water partition coefficient (Wildman–Crippen LogP) is 3.32. The Bertz CT molecular complexity index is 401. The lowest BCUT2D eigenvalue weighted by atomic mass is 10.1. The average Bonchev–Trinajstić information content (AvgIpc) is 2.30. The molecule has 2 nitrogen and oxygen atoms in total. The van der Waals surface area contributed by atoms with Crippen molar-refractivity contribution in [2.75, 3.05) is 6.61 Å². The zero-order valence-corrected chi connectivity index (χ0v) is 10.9. The summed E-state index contributed by atoms with van der Waals surface area (Å²) >= 11 is 3.23. The van der Waals surface area contributed by atoms with Crippen molar-refractivity contribution in [3.63, 3.8) is 0 Å². The topological polar surface area (TPSA) is 35.2 Å². The lowest BCUT2D eigenvalue weighted by molar-refractivity contribution is -0.168. The summed E-state index contributed by atoms with van der Waals surface area (Å²) < 4.78 is 54.1. The van der Waals surface area contributed by atoms with Gasteiger partial charge in [-0.2, -0.15) is 8.78 Å². The lowest BCUT2D eigenvalue weighted by Gasteiger charge is -2.15. The molecule has 1 aromatic carbocycles. The molecule has 0 atom stereocenters. The zero-order valence-electron chi connectivity index (χ0n) is 9.31. The van der Waals surface area contributed by atoms with Gasteiger partial charge in [-0.05, 0) is 17.2 Å². The Labute approximate surface area is 110 Å². The van der Waals surface area contributed by atoms with E-state index in [9.17, 15) is 17.6 Å². The van der Waals surface area contributed by atoms with E-state index in [-0.39, 0.29) is 6.61 Å². The number of hydrogen-bond acceptors (Lipinski definition) is 2. The summed E-state index contributed by atoms with van der Waals surface area (Å²) in [5.74, 6) is -4.12. The molecular formula is C11H12BrF4NO. The van der Waals surface area contributed by atoms with Crippen LogP contribution in [0.2, 0.25) is 0 Å². The standard InChI is InChI=1S/C11H12BrF4NO/c12-9-3-7(4-17)1-2-8(9)5-18-6-11(15,16)10(13)14/h1-3,10H,4-6,17H2. The third kappa shape index (κ3) is 4.22. The molecule has 0 heterocycles. The van der Waals surface area contributed by atoms with E-state index in [2.05, 4.69) is 20.7 Å². The number of nitrogens with two attached hydrogens (primary N) is 1. The molecule has 0 unspecified atom stereocenters. The van der Waals surface area contributed by atoms with Crippen LogP contribution in [0, 0.1) is 0 Å². The molecule has 1 rings (SSSR count). The van der Waals surface area contributed by atoms with Gasteiger partial charge in [-0.15, -0.1) is 0 Å². The van der Waals surface area contributed by atoms with E-state index in [1.54, 1.807) is 18.2 Å². The van der Waals surface area contributed by atoms with E-state index >= 15 is 0 Å². The minimum Gasteiger partial charge on any atom is -0.370 e. The van der Waals surface area contributed by atoms with Gasteiger partial charge < -0.3 is 10.5 Å². The van der Waals surface area contributed by atoms with E-state index < -0.39 is 19.0 Å². The summed E-state index contributed by atoms with van der Waals surface area (Å²) in [4.78, 5) is 0. The maximum atomic E-state index is 12.6. The van der Waals surface area contributed by atoms with Gasteiger partial charge >= 0.3 is 12.3 Å². The van der Waals surface area contributed by atoms with Crippen LogP contribution in [0.1, 0.15) is 11.1 Å². The first-order valence-electron chi connectivity index (χ1n) is 5.08. The van der Waals surface area contributed by atoms with Crippen LogP contribution >= 0.6 is 15.9 Å². The van der Waals surface area contributed by atoms with Crippen molar-refractivity contribution in [2.45, 2.75) is 25.5 Å². The predicted molar refractivity (Wildman–Crippen MR) is 62.6 cm³/mol. The van der Waals surface area contributed by atoms with Crippen molar-refractivity contribution in [2.24, 2.45) is 5.73 Å². The normalized spacial score (nSPS) is 12.2. The molecule has 0 fully saturated rings. The highest BCUT2D eigenvalue weighted by Crippen LogP contribution is 2.24. The van der Waals surface area contributed by atoms with Crippen molar-refractivity contribution in [1.29, 1.82) is 0 Å². The molecule has 2 N–H and O–H groups in total. The Morgan fingerprint density at radius 3 is 2.50 bits per heavy atom. The van der Waals surface area contributed by atoms with Gasteiger partial charge in [0.05, 0.1) is 6.61 Å². The summed E-state index contributed by atoms with van der Waals surface area (Å²) in [6.45, 7) is -1.13.